The van der Waals surface area contributed by atoms with Gasteiger partial charge in [-0.25, -0.2) is 9.59 Å². The van der Waals surface area contributed by atoms with E-state index < -0.39 is 17.7 Å². The molecule has 6 nitrogen and oxygen atoms in total. The van der Waals surface area contributed by atoms with Crippen molar-refractivity contribution < 1.29 is 24.2 Å². The highest BCUT2D eigenvalue weighted by Gasteiger charge is 2.43. The van der Waals surface area contributed by atoms with Gasteiger partial charge in [-0.15, -0.1) is 0 Å². The smallest absolute Gasteiger partial charge is 0.410 e. The first-order valence-corrected chi connectivity index (χ1v) is 5.95. The first kappa shape index (κ1) is 14.5. The summed E-state index contributed by atoms with van der Waals surface area (Å²) < 4.78 is 10.2. The Kier molecular flexibility index (Phi) is 5.15. The molecule has 1 N–H and O–H groups in total. The average Bonchev–Trinajstić information content (AvgIpc) is 2.37. The van der Waals surface area contributed by atoms with Gasteiger partial charge in [0, 0.05) is 32.5 Å². The van der Waals surface area contributed by atoms with Crippen LogP contribution in [0.15, 0.2) is 12.7 Å². The molecule has 0 aliphatic carbocycles. The summed E-state index contributed by atoms with van der Waals surface area (Å²) >= 11 is 0. The molecule has 0 radical (unpaired) electrons. The zero-order valence-corrected chi connectivity index (χ0v) is 10.6. The number of rotatable bonds is 5. The van der Waals surface area contributed by atoms with Crippen molar-refractivity contribution in [3.05, 3.63) is 12.7 Å². The molecule has 0 bridgehead atoms. The first-order chi connectivity index (χ1) is 8.55. The normalized spacial score (nSPS) is 18.2. The van der Waals surface area contributed by atoms with Gasteiger partial charge in [-0.05, 0) is 6.92 Å². The fourth-order valence-electron chi connectivity index (χ4n) is 1.97. The van der Waals surface area contributed by atoms with Gasteiger partial charge in [0.05, 0.1) is 0 Å². The van der Waals surface area contributed by atoms with E-state index in [4.69, 9.17) is 9.47 Å². The van der Waals surface area contributed by atoms with Crippen molar-refractivity contribution in [1.82, 2.24) is 4.90 Å². The van der Waals surface area contributed by atoms with E-state index in [-0.39, 0.29) is 19.4 Å². The molecule has 0 saturated carbocycles. The summed E-state index contributed by atoms with van der Waals surface area (Å²) in [5.41, 5.74) is -1.16. The summed E-state index contributed by atoms with van der Waals surface area (Å²) in [6.07, 6.45) is 1.60. The fraction of sp³-hybridized carbons (Fsp3) is 0.667. The molecule has 1 amide bonds. The molecule has 0 aromatic rings. The summed E-state index contributed by atoms with van der Waals surface area (Å²) in [6.45, 7) is 6.36. The lowest BCUT2D eigenvalue weighted by Gasteiger charge is -2.37. The van der Waals surface area contributed by atoms with Crippen molar-refractivity contribution in [2.45, 2.75) is 25.4 Å². The average molecular weight is 257 g/mol. The summed E-state index contributed by atoms with van der Waals surface area (Å²) in [5, 5.41) is 9.21. The SMILES string of the molecule is C=CCOC(=O)N1CCC(OCC)(C(=O)O)CC1. The van der Waals surface area contributed by atoms with Crippen molar-refractivity contribution in [3.8, 4) is 0 Å². The van der Waals surface area contributed by atoms with Crippen LogP contribution in [0.25, 0.3) is 0 Å². The highest BCUT2D eigenvalue weighted by atomic mass is 16.6. The van der Waals surface area contributed by atoms with Crippen LogP contribution in [0.2, 0.25) is 0 Å². The van der Waals surface area contributed by atoms with Crippen LogP contribution in [-0.4, -0.2) is 54.0 Å². The standard InChI is InChI=1S/C12H19NO5/c1-3-9-17-11(16)13-7-5-12(6-8-13,10(14)15)18-4-2/h3H,1,4-9H2,2H3,(H,14,15). The fourth-order valence-corrected chi connectivity index (χ4v) is 1.97. The third-order valence-electron chi connectivity index (χ3n) is 2.96. The second-order valence-corrected chi connectivity index (χ2v) is 4.09. The maximum absolute atomic E-state index is 11.6. The predicted molar refractivity (Wildman–Crippen MR) is 64.3 cm³/mol. The lowest BCUT2D eigenvalue weighted by atomic mass is 9.91. The Balaban J connectivity index is 2.55. The number of ether oxygens (including phenoxy) is 2. The minimum atomic E-state index is -1.16. The van der Waals surface area contributed by atoms with Gasteiger partial charge < -0.3 is 19.5 Å². The van der Waals surface area contributed by atoms with E-state index >= 15 is 0 Å². The van der Waals surface area contributed by atoms with Gasteiger partial charge >= 0.3 is 12.1 Å². The van der Waals surface area contributed by atoms with E-state index in [1.54, 1.807) is 6.92 Å². The Hall–Kier alpha value is -1.56. The molecule has 0 aromatic carbocycles. The zero-order chi connectivity index (χ0) is 13.6. The van der Waals surface area contributed by atoms with Crippen molar-refractivity contribution in [2.75, 3.05) is 26.3 Å². The summed E-state index contributed by atoms with van der Waals surface area (Å²) in [5.74, 6) is -0.969. The predicted octanol–water partition coefficient (Wildman–Crippen LogP) is 1.26. The number of aliphatic carboxylic acids is 1. The number of likely N-dealkylation sites (tertiary alicyclic amines) is 1. The Morgan fingerprint density at radius 1 is 1.44 bits per heavy atom. The molecule has 1 heterocycles. The summed E-state index contributed by atoms with van der Waals surface area (Å²) in [6, 6.07) is 0. The molecule has 1 rings (SSSR count). The van der Waals surface area contributed by atoms with Gasteiger partial charge in [0.25, 0.3) is 0 Å². The largest absolute Gasteiger partial charge is 0.479 e. The zero-order valence-electron chi connectivity index (χ0n) is 10.6. The third kappa shape index (κ3) is 3.22. The molecule has 0 unspecified atom stereocenters. The Morgan fingerprint density at radius 3 is 2.50 bits per heavy atom. The molecule has 18 heavy (non-hydrogen) atoms. The van der Waals surface area contributed by atoms with Crippen molar-refractivity contribution in [2.24, 2.45) is 0 Å². The van der Waals surface area contributed by atoms with Crippen LogP contribution in [0.5, 0.6) is 0 Å². The second kappa shape index (κ2) is 6.39. The Labute approximate surface area is 106 Å². The van der Waals surface area contributed by atoms with Crippen LogP contribution in [-0.2, 0) is 14.3 Å². The minimum Gasteiger partial charge on any atom is -0.479 e. The topological polar surface area (TPSA) is 76.1 Å². The van der Waals surface area contributed by atoms with Crippen LogP contribution < -0.4 is 0 Å². The number of hydrogen-bond donors (Lipinski definition) is 1. The van der Waals surface area contributed by atoms with E-state index in [2.05, 4.69) is 6.58 Å². The molecule has 1 aliphatic heterocycles. The highest BCUT2D eigenvalue weighted by Crippen LogP contribution is 2.27. The van der Waals surface area contributed by atoms with Gasteiger partial charge in [0.2, 0.25) is 0 Å². The summed E-state index contributed by atoms with van der Waals surface area (Å²) in [4.78, 5) is 24.3. The lowest BCUT2D eigenvalue weighted by molar-refractivity contribution is -0.171. The van der Waals surface area contributed by atoms with Crippen molar-refractivity contribution >= 4 is 12.1 Å². The van der Waals surface area contributed by atoms with Gasteiger partial charge in [-0.2, -0.15) is 0 Å². The molecule has 0 spiro atoms. The number of carboxylic acid groups (broad SMARTS) is 1. The maximum Gasteiger partial charge on any atom is 0.410 e. The van der Waals surface area contributed by atoms with Gasteiger partial charge in [-0.3, -0.25) is 0 Å². The molecule has 6 heteroatoms. The number of carbonyl (C=O) groups excluding carboxylic acids is 1. The van der Waals surface area contributed by atoms with Gasteiger partial charge in [0.1, 0.15) is 6.61 Å². The number of carboxylic acids is 1. The van der Waals surface area contributed by atoms with Gasteiger partial charge in [0.15, 0.2) is 5.60 Å². The van der Waals surface area contributed by atoms with Crippen LogP contribution in [0.1, 0.15) is 19.8 Å². The number of carbonyl (C=O) groups is 2. The quantitative estimate of drug-likeness (QED) is 0.750. The summed E-state index contributed by atoms with van der Waals surface area (Å²) in [7, 11) is 0. The van der Waals surface area contributed by atoms with Crippen LogP contribution >= 0.6 is 0 Å². The van der Waals surface area contributed by atoms with E-state index in [0.717, 1.165) is 0 Å². The van der Waals surface area contributed by atoms with E-state index in [0.29, 0.717) is 19.7 Å². The van der Waals surface area contributed by atoms with Crippen molar-refractivity contribution in [1.29, 1.82) is 0 Å². The second-order valence-electron chi connectivity index (χ2n) is 4.09. The molecule has 0 aromatic heterocycles. The van der Waals surface area contributed by atoms with E-state index in [1.165, 1.54) is 11.0 Å². The molecular formula is C12H19NO5. The molecule has 0 atom stereocenters. The van der Waals surface area contributed by atoms with E-state index in [1.807, 2.05) is 0 Å². The van der Waals surface area contributed by atoms with Gasteiger partial charge in [-0.1, -0.05) is 12.7 Å². The van der Waals surface area contributed by atoms with Crippen molar-refractivity contribution in [3.63, 3.8) is 0 Å². The Morgan fingerprint density at radius 2 is 2.06 bits per heavy atom. The molecule has 1 fully saturated rings. The highest BCUT2D eigenvalue weighted by molar-refractivity contribution is 5.78. The first-order valence-electron chi connectivity index (χ1n) is 5.95. The third-order valence-corrected chi connectivity index (χ3v) is 2.96. The molecule has 1 aliphatic rings. The lowest BCUT2D eigenvalue weighted by Crippen LogP contribution is -2.52. The monoisotopic (exact) mass is 257 g/mol. The molecule has 102 valence electrons. The Bertz CT molecular complexity index is 320. The van der Waals surface area contributed by atoms with Crippen LogP contribution in [0.4, 0.5) is 4.79 Å². The maximum atomic E-state index is 11.6. The molecule has 1 saturated heterocycles. The van der Waals surface area contributed by atoms with Crippen LogP contribution in [0.3, 0.4) is 0 Å². The number of piperidine rings is 1. The number of hydrogen-bond acceptors (Lipinski definition) is 4. The molecular weight excluding hydrogens is 238 g/mol. The van der Waals surface area contributed by atoms with E-state index in [9.17, 15) is 14.7 Å². The minimum absolute atomic E-state index is 0.158. The van der Waals surface area contributed by atoms with Crippen LogP contribution in [0, 0.1) is 0 Å². The number of amides is 1. The number of nitrogens with zero attached hydrogens (tertiary/aromatic N) is 1.